The molecule has 2 N–H and O–H groups in total. The first kappa shape index (κ1) is 24.0. The lowest BCUT2D eigenvalue weighted by atomic mass is 10.3. The first-order chi connectivity index (χ1) is 13.3. The molecule has 0 aromatic heterocycles. The average Bonchev–Trinajstić information content (AvgIpc) is 2.61. The number of rotatable bonds is 12. The minimum atomic E-state index is -4.18. The van der Waals surface area contributed by atoms with E-state index >= 15 is 0 Å². The van der Waals surface area contributed by atoms with Crippen LogP contribution in [-0.2, 0) is 4.74 Å². The van der Waals surface area contributed by atoms with E-state index in [2.05, 4.69) is 15.6 Å². The van der Waals surface area contributed by atoms with Crippen LogP contribution in [0.1, 0.15) is 19.8 Å². The number of nitrogens with zero attached hydrogens (tertiary/aromatic N) is 2. The van der Waals surface area contributed by atoms with Crippen molar-refractivity contribution >= 4 is 11.6 Å². The van der Waals surface area contributed by atoms with Crippen LogP contribution in [-0.4, -0.2) is 70.6 Å². The molecule has 9 heteroatoms. The fourth-order valence-corrected chi connectivity index (χ4v) is 2.42. The predicted molar refractivity (Wildman–Crippen MR) is 106 cm³/mol. The molecule has 1 rings (SSSR count). The summed E-state index contributed by atoms with van der Waals surface area (Å²) in [6, 6.07) is 7.52. The molecule has 0 aliphatic carbocycles. The first-order valence-electron chi connectivity index (χ1n) is 9.36. The Morgan fingerprint density at radius 1 is 1.21 bits per heavy atom. The van der Waals surface area contributed by atoms with Crippen molar-refractivity contribution in [1.29, 1.82) is 0 Å². The molecular weight excluding hydrogens is 373 g/mol. The monoisotopic (exact) mass is 404 g/mol. The highest BCUT2D eigenvalue weighted by Gasteiger charge is 2.28. The maximum absolute atomic E-state index is 12.3. The number of halogens is 3. The topological polar surface area (TPSA) is 58.1 Å². The quantitative estimate of drug-likeness (QED) is 0.318. The zero-order valence-corrected chi connectivity index (χ0v) is 16.8. The Labute approximate surface area is 165 Å². The van der Waals surface area contributed by atoms with Crippen LogP contribution in [0.2, 0.25) is 0 Å². The van der Waals surface area contributed by atoms with Crippen molar-refractivity contribution < 1.29 is 22.6 Å². The highest BCUT2D eigenvalue weighted by Crippen LogP contribution is 2.18. The maximum atomic E-state index is 12.3. The second-order valence-corrected chi connectivity index (χ2v) is 6.31. The van der Waals surface area contributed by atoms with Gasteiger partial charge in [-0.3, -0.25) is 9.89 Å². The number of alkyl halides is 3. The third kappa shape index (κ3) is 11.7. The molecular formula is C19H31F3N4O2. The summed E-state index contributed by atoms with van der Waals surface area (Å²) in [5.41, 5.74) is 0.818. The number of aliphatic imine (C=N–C) groups is 1. The van der Waals surface area contributed by atoms with Gasteiger partial charge in [0.25, 0.3) is 0 Å². The molecule has 1 aromatic carbocycles. The van der Waals surface area contributed by atoms with E-state index in [4.69, 9.17) is 9.47 Å². The highest BCUT2D eigenvalue weighted by molar-refractivity contribution is 5.93. The van der Waals surface area contributed by atoms with Crippen molar-refractivity contribution in [3.05, 3.63) is 24.3 Å². The second-order valence-electron chi connectivity index (χ2n) is 6.31. The van der Waals surface area contributed by atoms with Gasteiger partial charge in [0.2, 0.25) is 0 Å². The zero-order chi connectivity index (χ0) is 20.8. The normalized spacial score (nSPS) is 12.3. The van der Waals surface area contributed by atoms with E-state index in [1.165, 1.54) is 11.9 Å². The van der Waals surface area contributed by atoms with Gasteiger partial charge in [0, 0.05) is 45.0 Å². The molecule has 0 heterocycles. The lowest BCUT2D eigenvalue weighted by molar-refractivity contribution is -0.143. The van der Waals surface area contributed by atoms with Gasteiger partial charge in [0.05, 0.1) is 13.2 Å². The van der Waals surface area contributed by atoms with E-state index in [1.807, 2.05) is 31.2 Å². The Hall–Kier alpha value is -2.00. The zero-order valence-electron chi connectivity index (χ0n) is 16.8. The molecule has 1 aromatic rings. The van der Waals surface area contributed by atoms with Crippen LogP contribution in [0, 0.1) is 0 Å². The van der Waals surface area contributed by atoms with Crippen LogP contribution >= 0.6 is 0 Å². The lowest BCUT2D eigenvalue weighted by Gasteiger charge is -2.18. The molecule has 0 spiro atoms. The number of ether oxygens (including phenoxy) is 2. The molecule has 0 atom stereocenters. The van der Waals surface area contributed by atoms with Gasteiger partial charge >= 0.3 is 6.18 Å². The minimum absolute atomic E-state index is 0.327. The molecule has 0 unspecified atom stereocenters. The molecule has 0 saturated heterocycles. The van der Waals surface area contributed by atoms with Gasteiger partial charge in [0.1, 0.15) is 5.75 Å². The van der Waals surface area contributed by atoms with Gasteiger partial charge in [-0.05, 0) is 39.1 Å². The Morgan fingerprint density at radius 2 is 2.00 bits per heavy atom. The van der Waals surface area contributed by atoms with Gasteiger partial charge in [0.15, 0.2) is 5.96 Å². The van der Waals surface area contributed by atoms with Crippen molar-refractivity contribution in [3.8, 4) is 5.75 Å². The number of anilines is 1. The van der Waals surface area contributed by atoms with Crippen LogP contribution in [0.3, 0.4) is 0 Å². The number of guanidine groups is 1. The van der Waals surface area contributed by atoms with Gasteiger partial charge < -0.3 is 20.1 Å². The van der Waals surface area contributed by atoms with E-state index < -0.39 is 12.7 Å². The van der Waals surface area contributed by atoms with E-state index in [9.17, 15) is 13.2 Å². The Morgan fingerprint density at radius 3 is 2.68 bits per heavy atom. The highest BCUT2D eigenvalue weighted by atomic mass is 19.4. The molecule has 0 amide bonds. The van der Waals surface area contributed by atoms with Gasteiger partial charge in [-0.15, -0.1) is 0 Å². The van der Waals surface area contributed by atoms with Gasteiger partial charge in [-0.25, -0.2) is 0 Å². The smallest absolute Gasteiger partial charge is 0.401 e. The molecule has 6 nitrogen and oxygen atoms in total. The largest absolute Gasteiger partial charge is 0.493 e. The van der Waals surface area contributed by atoms with Crippen molar-refractivity contribution in [2.45, 2.75) is 25.9 Å². The summed E-state index contributed by atoms with van der Waals surface area (Å²) in [4.78, 5) is 5.67. The van der Waals surface area contributed by atoms with Crippen LogP contribution < -0.4 is 15.4 Å². The summed E-state index contributed by atoms with van der Waals surface area (Å²) >= 11 is 0. The summed E-state index contributed by atoms with van der Waals surface area (Å²) in [5.74, 6) is 1.32. The number of methoxy groups -OCH3 is 1. The summed E-state index contributed by atoms with van der Waals surface area (Å²) < 4.78 is 47.7. The molecule has 0 saturated carbocycles. The molecule has 0 fully saturated rings. The van der Waals surface area contributed by atoms with Crippen molar-refractivity contribution in [1.82, 2.24) is 10.2 Å². The van der Waals surface area contributed by atoms with E-state index in [-0.39, 0.29) is 0 Å². The van der Waals surface area contributed by atoms with Gasteiger partial charge in [-0.1, -0.05) is 6.07 Å². The molecule has 0 radical (unpaired) electrons. The summed E-state index contributed by atoms with van der Waals surface area (Å²) in [6.07, 6.45) is -2.84. The summed E-state index contributed by atoms with van der Waals surface area (Å²) in [6.45, 7) is 3.67. The molecule has 0 bridgehead atoms. The van der Waals surface area contributed by atoms with Crippen LogP contribution in [0.5, 0.6) is 5.75 Å². The maximum Gasteiger partial charge on any atom is 0.401 e. The van der Waals surface area contributed by atoms with Crippen molar-refractivity contribution in [2.75, 3.05) is 58.9 Å². The Kier molecular flexibility index (Phi) is 11.4. The molecule has 0 aliphatic rings. The van der Waals surface area contributed by atoms with E-state index in [0.29, 0.717) is 45.2 Å². The number of benzene rings is 1. The van der Waals surface area contributed by atoms with Crippen molar-refractivity contribution in [2.24, 2.45) is 4.99 Å². The SMILES string of the molecule is CCNC(=NCCCN(C)CC(F)(F)F)Nc1cccc(OCCCOC)c1. The van der Waals surface area contributed by atoms with Gasteiger partial charge in [-0.2, -0.15) is 13.2 Å². The predicted octanol–water partition coefficient (Wildman–Crippen LogP) is 3.36. The number of nitrogens with one attached hydrogen (secondary N) is 2. The summed E-state index contributed by atoms with van der Waals surface area (Å²) in [5, 5.41) is 6.31. The third-order valence-electron chi connectivity index (χ3n) is 3.62. The van der Waals surface area contributed by atoms with Crippen molar-refractivity contribution in [3.63, 3.8) is 0 Å². The van der Waals surface area contributed by atoms with Crippen LogP contribution in [0.15, 0.2) is 29.3 Å². The lowest BCUT2D eigenvalue weighted by Crippen LogP contribution is -2.33. The number of hydrogen-bond donors (Lipinski definition) is 2. The average molecular weight is 404 g/mol. The van der Waals surface area contributed by atoms with E-state index in [1.54, 1.807) is 7.11 Å². The first-order valence-corrected chi connectivity index (χ1v) is 9.36. The Balaban J connectivity index is 2.51. The standard InChI is InChI=1S/C19H31F3N4O2/c1-4-23-18(24-10-6-11-26(2)15-19(20,21)22)25-16-8-5-9-17(14-16)28-13-7-12-27-3/h5,8-9,14H,4,6-7,10-13,15H2,1-3H3,(H2,23,24,25). The second kappa shape index (κ2) is 13.2. The molecule has 0 aliphatic heterocycles. The molecule has 160 valence electrons. The fraction of sp³-hybridized carbons (Fsp3) is 0.632. The van der Waals surface area contributed by atoms with Crippen LogP contribution in [0.25, 0.3) is 0 Å². The summed E-state index contributed by atoms with van der Waals surface area (Å²) in [7, 11) is 3.11. The van der Waals surface area contributed by atoms with Crippen LogP contribution in [0.4, 0.5) is 18.9 Å². The number of hydrogen-bond acceptors (Lipinski definition) is 4. The van der Waals surface area contributed by atoms with E-state index in [0.717, 1.165) is 17.9 Å². The minimum Gasteiger partial charge on any atom is -0.493 e. The molecule has 28 heavy (non-hydrogen) atoms. The Bertz CT molecular complexity index is 583. The third-order valence-corrected chi connectivity index (χ3v) is 3.62. The fourth-order valence-electron chi connectivity index (χ4n) is 2.42.